The monoisotopic (exact) mass is 213 g/mol. The predicted molar refractivity (Wildman–Crippen MR) is 60.8 cm³/mol. The Hall–Kier alpha value is -0.0200. The molecule has 0 radical (unpaired) electrons. The summed E-state index contributed by atoms with van der Waals surface area (Å²) in [5.41, 5.74) is 0. The van der Waals surface area contributed by atoms with Crippen molar-refractivity contribution in [3.05, 3.63) is 0 Å². The average molecular weight is 213 g/mol. The second-order valence-corrected chi connectivity index (χ2v) is 5.45. The Morgan fingerprint density at radius 1 is 1.14 bits per heavy atom. The number of hydrogen-bond acceptors (Lipinski definition) is 3. The van der Waals surface area contributed by atoms with E-state index >= 15 is 0 Å². The maximum Gasteiger partial charge on any atom is 0.149 e. The van der Waals surface area contributed by atoms with Crippen molar-refractivity contribution in [2.24, 2.45) is 0 Å². The van der Waals surface area contributed by atoms with Gasteiger partial charge in [0.1, 0.15) is 5.78 Å². The highest BCUT2D eigenvalue weighted by Gasteiger charge is 2.28. The van der Waals surface area contributed by atoms with Crippen molar-refractivity contribution in [2.75, 3.05) is 24.6 Å². The Kier molecular flexibility index (Phi) is 3.88. The first-order valence-corrected chi connectivity index (χ1v) is 6.88. The summed E-state index contributed by atoms with van der Waals surface area (Å²) in [4.78, 5) is 14.2. The molecule has 1 heterocycles. The molecule has 3 heteroatoms. The molecule has 0 aromatic carbocycles. The van der Waals surface area contributed by atoms with Crippen LogP contribution in [0.1, 0.15) is 32.1 Å². The minimum Gasteiger partial charge on any atom is -0.298 e. The van der Waals surface area contributed by atoms with Gasteiger partial charge in [-0.3, -0.25) is 9.69 Å². The molecule has 0 aromatic rings. The maximum atomic E-state index is 11.8. The first kappa shape index (κ1) is 10.5. The largest absolute Gasteiger partial charge is 0.298 e. The van der Waals surface area contributed by atoms with Crippen molar-refractivity contribution < 1.29 is 4.79 Å². The zero-order valence-electron chi connectivity index (χ0n) is 8.71. The van der Waals surface area contributed by atoms with Crippen LogP contribution < -0.4 is 0 Å². The molecule has 0 amide bonds. The van der Waals surface area contributed by atoms with E-state index in [2.05, 4.69) is 4.90 Å². The zero-order chi connectivity index (χ0) is 9.80. The fourth-order valence-electron chi connectivity index (χ4n) is 2.43. The van der Waals surface area contributed by atoms with Crippen molar-refractivity contribution in [3.8, 4) is 0 Å². The molecule has 1 saturated carbocycles. The predicted octanol–water partition coefficient (Wildman–Crippen LogP) is 1.94. The van der Waals surface area contributed by atoms with Crippen molar-refractivity contribution >= 4 is 17.5 Å². The zero-order valence-corrected chi connectivity index (χ0v) is 9.52. The van der Waals surface area contributed by atoms with E-state index in [0.29, 0.717) is 5.78 Å². The lowest BCUT2D eigenvalue weighted by Gasteiger charge is -2.31. The molecule has 1 atom stereocenters. The van der Waals surface area contributed by atoms with Gasteiger partial charge in [0.15, 0.2) is 0 Å². The minimum absolute atomic E-state index is 0.280. The third kappa shape index (κ3) is 2.51. The van der Waals surface area contributed by atoms with Crippen LogP contribution in [0.5, 0.6) is 0 Å². The van der Waals surface area contributed by atoms with Crippen LogP contribution in [-0.4, -0.2) is 41.3 Å². The molecular weight excluding hydrogens is 194 g/mol. The third-order valence-electron chi connectivity index (χ3n) is 3.22. The molecule has 0 aromatic heterocycles. The van der Waals surface area contributed by atoms with Crippen LogP contribution in [0.3, 0.4) is 0 Å². The summed E-state index contributed by atoms with van der Waals surface area (Å²) in [5.74, 6) is 2.99. The number of hydrogen-bond donors (Lipinski definition) is 0. The van der Waals surface area contributed by atoms with Gasteiger partial charge in [0.25, 0.3) is 0 Å². The minimum atomic E-state index is 0.280. The second-order valence-electron chi connectivity index (χ2n) is 4.23. The third-order valence-corrected chi connectivity index (χ3v) is 4.27. The van der Waals surface area contributed by atoms with E-state index < -0.39 is 0 Å². The highest BCUT2D eigenvalue weighted by Crippen LogP contribution is 2.22. The Morgan fingerprint density at radius 2 is 2.07 bits per heavy atom. The molecule has 2 aliphatic rings. The molecule has 1 aliphatic heterocycles. The lowest BCUT2D eigenvalue weighted by Crippen LogP contribution is -2.43. The van der Waals surface area contributed by atoms with E-state index in [1.165, 1.54) is 24.3 Å². The Morgan fingerprint density at radius 3 is 2.93 bits per heavy atom. The van der Waals surface area contributed by atoms with E-state index in [1.54, 1.807) is 0 Å². The van der Waals surface area contributed by atoms with Crippen LogP contribution in [0.2, 0.25) is 0 Å². The number of Topliss-reactive ketones (excluding diaryl/α,β-unsaturated/α-hetero) is 1. The van der Waals surface area contributed by atoms with E-state index in [9.17, 15) is 4.79 Å². The molecule has 0 N–H and O–H groups in total. The standard InChI is InChI=1S/C11H19NOS/c13-11-5-2-1-4-10(11)12-6-3-8-14-9-7-12/h10H,1-9H2. The number of rotatable bonds is 1. The van der Waals surface area contributed by atoms with E-state index in [1.807, 2.05) is 11.8 Å². The molecule has 2 rings (SSSR count). The first-order chi connectivity index (χ1) is 6.88. The summed E-state index contributed by atoms with van der Waals surface area (Å²) >= 11 is 2.03. The summed E-state index contributed by atoms with van der Waals surface area (Å²) in [7, 11) is 0. The molecule has 2 fully saturated rings. The summed E-state index contributed by atoms with van der Waals surface area (Å²) < 4.78 is 0. The Balaban J connectivity index is 1.93. The molecule has 1 aliphatic carbocycles. The van der Waals surface area contributed by atoms with Crippen molar-refractivity contribution in [3.63, 3.8) is 0 Å². The number of carbonyl (C=O) groups is 1. The summed E-state index contributed by atoms with van der Waals surface area (Å²) in [6.45, 7) is 2.27. The fraction of sp³-hybridized carbons (Fsp3) is 0.909. The number of thioether (sulfide) groups is 1. The van der Waals surface area contributed by atoms with E-state index in [0.717, 1.165) is 32.4 Å². The van der Waals surface area contributed by atoms with Gasteiger partial charge < -0.3 is 0 Å². The van der Waals surface area contributed by atoms with Crippen LogP contribution in [0.4, 0.5) is 0 Å². The normalized spacial score (nSPS) is 31.4. The number of nitrogens with zero attached hydrogens (tertiary/aromatic N) is 1. The van der Waals surface area contributed by atoms with Crippen molar-refractivity contribution in [1.29, 1.82) is 0 Å². The lowest BCUT2D eigenvalue weighted by molar-refractivity contribution is -0.126. The molecule has 0 spiro atoms. The Bertz CT molecular complexity index is 199. The molecule has 1 saturated heterocycles. The van der Waals surface area contributed by atoms with Crippen LogP contribution in [0.15, 0.2) is 0 Å². The molecular formula is C11H19NOS. The van der Waals surface area contributed by atoms with Gasteiger partial charge in [0.05, 0.1) is 6.04 Å². The lowest BCUT2D eigenvalue weighted by atomic mass is 9.93. The molecule has 1 unspecified atom stereocenters. The summed E-state index contributed by atoms with van der Waals surface area (Å²) in [6.07, 6.45) is 5.57. The topological polar surface area (TPSA) is 20.3 Å². The molecule has 14 heavy (non-hydrogen) atoms. The highest BCUT2D eigenvalue weighted by atomic mass is 32.2. The van der Waals surface area contributed by atoms with Gasteiger partial charge in [-0.05, 0) is 31.6 Å². The van der Waals surface area contributed by atoms with Gasteiger partial charge >= 0.3 is 0 Å². The van der Waals surface area contributed by atoms with Gasteiger partial charge in [-0.1, -0.05) is 6.42 Å². The van der Waals surface area contributed by atoms with Crippen molar-refractivity contribution in [1.82, 2.24) is 4.90 Å². The van der Waals surface area contributed by atoms with E-state index in [-0.39, 0.29) is 6.04 Å². The molecule has 80 valence electrons. The van der Waals surface area contributed by atoms with Crippen molar-refractivity contribution in [2.45, 2.75) is 38.1 Å². The summed E-state index contributed by atoms with van der Waals surface area (Å²) in [6, 6.07) is 0.280. The van der Waals surface area contributed by atoms with Crippen LogP contribution >= 0.6 is 11.8 Å². The maximum absolute atomic E-state index is 11.8. The average Bonchev–Trinajstić information content (AvgIpc) is 2.47. The van der Waals surface area contributed by atoms with Gasteiger partial charge in [-0.2, -0.15) is 11.8 Å². The van der Waals surface area contributed by atoms with Gasteiger partial charge in [-0.15, -0.1) is 0 Å². The molecule has 0 bridgehead atoms. The first-order valence-electron chi connectivity index (χ1n) is 5.72. The number of ketones is 1. The van der Waals surface area contributed by atoms with Crippen LogP contribution in [0, 0.1) is 0 Å². The number of carbonyl (C=O) groups excluding carboxylic acids is 1. The highest BCUT2D eigenvalue weighted by molar-refractivity contribution is 7.99. The fourth-order valence-corrected chi connectivity index (χ4v) is 3.33. The van der Waals surface area contributed by atoms with Crippen LogP contribution in [-0.2, 0) is 4.79 Å². The quantitative estimate of drug-likeness (QED) is 0.664. The Labute approximate surface area is 90.4 Å². The molecule has 2 nitrogen and oxygen atoms in total. The smallest absolute Gasteiger partial charge is 0.149 e. The second kappa shape index (κ2) is 5.17. The SMILES string of the molecule is O=C1CCCCC1N1CCCSCC1. The van der Waals surface area contributed by atoms with Crippen LogP contribution in [0.25, 0.3) is 0 Å². The van der Waals surface area contributed by atoms with Gasteiger partial charge in [-0.25, -0.2) is 0 Å². The summed E-state index contributed by atoms with van der Waals surface area (Å²) in [5, 5.41) is 0. The van der Waals surface area contributed by atoms with Gasteiger partial charge in [0, 0.05) is 18.7 Å². The van der Waals surface area contributed by atoms with E-state index in [4.69, 9.17) is 0 Å². The van der Waals surface area contributed by atoms with Gasteiger partial charge in [0.2, 0.25) is 0 Å².